The second-order valence-electron chi connectivity index (χ2n) is 2.68. The molecular weight excluding hydrogens is 170 g/mol. The summed E-state index contributed by atoms with van der Waals surface area (Å²) in [4.78, 5) is 22.7. The monoisotopic (exact) mass is 183 g/mol. The van der Waals surface area contributed by atoms with Crippen LogP contribution in [0, 0.1) is 0 Å². The Bertz CT molecular complexity index is 416. The fourth-order valence-corrected chi connectivity index (χ4v) is 1.24. The molecule has 0 aromatic carbocycles. The molecule has 0 aliphatic rings. The highest BCUT2D eigenvalue weighted by molar-refractivity contribution is 5.26. The second-order valence-corrected chi connectivity index (χ2v) is 2.68. The highest BCUT2D eigenvalue weighted by atomic mass is 16.2. The van der Waals surface area contributed by atoms with Crippen molar-refractivity contribution in [3.05, 3.63) is 26.9 Å². The quantitative estimate of drug-likeness (QED) is 0.680. The number of nitrogen functional groups attached to an aromatic ring is 1. The summed E-state index contributed by atoms with van der Waals surface area (Å²) in [5, 5.41) is 0. The number of hydrogen-bond acceptors (Lipinski definition) is 3. The Labute approximate surface area is 75.4 Å². The molecule has 0 atom stereocenters. The van der Waals surface area contributed by atoms with Crippen LogP contribution in [-0.2, 0) is 13.1 Å². The van der Waals surface area contributed by atoms with E-state index in [1.165, 1.54) is 10.6 Å². The highest BCUT2D eigenvalue weighted by Gasteiger charge is 2.05. The zero-order chi connectivity index (χ0) is 10.0. The van der Waals surface area contributed by atoms with Gasteiger partial charge in [-0.25, -0.2) is 4.79 Å². The minimum Gasteiger partial charge on any atom is -0.385 e. The molecule has 0 saturated carbocycles. The van der Waals surface area contributed by atoms with Gasteiger partial charge in [-0.3, -0.25) is 13.9 Å². The molecule has 1 rings (SSSR count). The Balaban J connectivity index is 3.59. The molecule has 0 amide bonds. The summed E-state index contributed by atoms with van der Waals surface area (Å²) in [6, 6.07) is 1.27. The van der Waals surface area contributed by atoms with Gasteiger partial charge in [0.05, 0.1) is 0 Å². The number of aromatic nitrogens is 2. The smallest absolute Gasteiger partial charge is 0.332 e. The van der Waals surface area contributed by atoms with E-state index in [0.29, 0.717) is 13.1 Å². The molecule has 72 valence electrons. The molecule has 0 bridgehead atoms. The fourth-order valence-electron chi connectivity index (χ4n) is 1.24. The molecule has 0 unspecified atom stereocenters. The van der Waals surface area contributed by atoms with E-state index in [-0.39, 0.29) is 17.1 Å². The first-order chi connectivity index (χ1) is 6.11. The second kappa shape index (κ2) is 3.47. The number of anilines is 1. The van der Waals surface area contributed by atoms with Gasteiger partial charge in [0.1, 0.15) is 5.82 Å². The summed E-state index contributed by atoms with van der Waals surface area (Å²) in [6.07, 6.45) is 0. The molecule has 2 N–H and O–H groups in total. The van der Waals surface area contributed by atoms with Gasteiger partial charge in [-0.2, -0.15) is 0 Å². The van der Waals surface area contributed by atoms with Gasteiger partial charge in [0.25, 0.3) is 5.56 Å². The third-order valence-corrected chi connectivity index (χ3v) is 1.94. The Morgan fingerprint density at radius 2 is 1.77 bits per heavy atom. The Morgan fingerprint density at radius 3 is 2.23 bits per heavy atom. The summed E-state index contributed by atoms with van der Waals surface area (Å²) in [6.45, 7) is 4.41. The summed E-state index contributed by atoms with van der Waals surface area (Å²) < 4.78 is 2.52. The van der Waals surface area contributed by atoms with Crippen molar-refractivity contribution in [3.8, 4) is 0 Å². The topological polar surface area (TPSA) is 70.0 Å². The summed E-state index contributed by atoms with van der Waals surface area (Å²) in [5.41, 5.74) is 4.83. The van der Waals surface area contributed by atoms with Crippen molar-refractivity contribution in [1.82, 2.24) is 9.13 Å². The molecular formula is C8H13N3O2. The van der Waals surface area contributed by atoms with E-state index < -0.39 is 0 Å². The Hall–Kier alpha value is -1.52. The van der Waals surface area contributed by atoms with Crippen LogP contribution in [0.4, 0.5) is 5.82 Å². The van der Waals surface area contributed by atoms with Crippen LogP contribution in [0.15, 0.2) is 15.7 Å². The first-order valence-corrected chi connectivity index (χ1v) is 4.22. The average Bonchev–Trinajstić information content (AvgIpc) is 2.04. The van der Waals surface area contributed by atoms with E-state index in [0.717, 1.165) is 4.57 Å². The fraction of sp³-hybridized carbons (Fsp3) is 0.500. The van der Waals surface area contributed by atoms with Crippen LogP contribution in [-0.4, -0.2) is 9.13 Å². The minimum absolute atomic E-state index is 0.224. The van der Waals surface area contributed by atoms with Crippen molar-refractivity contribution < 1.29 is 0 Å². The minimum atomic E-state index is -0.338. The lowest BCUT2D eigenvalue weighted by atomic mass is 10.5. The number of hydrogen-bond donors (Lipinski definition) is 1. The zero-order valence-electron chi connectivity index (χ0n) is 7.78. The average molecular weight is 183 g/mol. The molecule has 0 aliphatic carbocycles. The van der Waals surface area contributed by atoms with Gasteiger partial charge in [0.15, 0.2) is 0 Å². The first-order valence-electron chi connectivity index (χ1n) is 4.22. The van der Waals surface area contributed by atoms with E-state index in [2.05, 4.69) is 0 Å². The van der Waals surface area contributed by atoms with Crippen LogP contribution in [0.2, 0.25) is 0 Å². The standard InChI is InChI=1S/C8H13N3O2/c1-3-10-6(9)5-7(12)11(4-2)8(10)13/h5H,3-4,9H2,1-2H3. The zero-order valence-corrected chi connectivity index (χ0v) is 7.78. The molecule has 0 saturated heterocycles. The maximum Gasteiger partial charge on any atom is 0.332 e. The van der Waals surface area contributed by atoms with Crippen LogP contribution in [0.25, 0.3) is 0 Å². The van der Waals surface area contributed by atoms with E-state index in [1.54, 1.807) is 6.92 Å². The Morgan fingerprint density at radius 1 is 1.23 bits per heavy atom. The van der Waals surface area contributed by atoms with Crippen LogP contribution in [0.1, 0.15) is 13.8 Å². The molecule has 1 aromatic rings. The van der Waals surface area contributed by atoms with E-state index in [9.17, 15) is 9.59 Å². The van der Waals surface area contributed by atoms with Crippen molar-refractivity contribution in [1.29, 1.82) is 0 Å². The van der Waals surface area contributed by atoms with Crippen LogP contribution in [0.3, 0.4) is 0 Å². The summed E-state index contributed by atoms with van der Waals surface area (Å²) in [5.74, 6) is 0.224. The predicted molar refractivity (Wildman–Crippen MR) is 50.7 cm³/mol. The van der Waals surface area contributed by atoms with Gasteiger partial charge in [0.2, 0.25) is 0 Å². The van der Waals surface area contributed by atoms with Crippen LogP contribution >= 0.6 is 0 Å². The van der Waals surface area contributed by atoms with E-state index in [1.807, 2.05) is 6.92 Å². The number of nitrogens with two attached hydrogens (primary N) is 1. The van der Waals surface area contributed by atoms with Crippen molar-refractivity contribution >= 4 is 5.82 Å². The molecule has 0 radical (unpaired) electrons. The molecule has 5 heteroatoms. The molecule has 5 nitrogen and oxygen atoms in total. The predicted octanol–water partition coefficient (Wildman–Crippen LogP) is -0.368. The lowest BCUT2D eigenvalue weighted by molar-refractivity contribution is 0.594. The molecule has 0 fully saturated rings. The maximum absolute atomic E-state index is 11.5. The van der Waals surface area contributed by atoms with Gasteiger partial charge < -0.3 is 5.73 Å². The van der Waals surface area contributed by atoms with Crippen molar-refractivity contribution in [2.24, 2.45) is 0 Å². The number of rotatable bonds is 2. The van der Waals surface area contributed by atoms with Gasteiger partial charge >= 0.3 is 5.69 Å². The van der Waals surface area contributed by atoms with E-state index >= 15 is 0 Å². The van der Waals surface area contributed by atoms with Gasteiger partial charge in [-0.1, -0.05) is 0 Å². The van der Waals surface area contributed by atoms with Gasteiger partial charge in [0, 0.05) is 19.2 Å². The maximum atomic E-state index is 11.5. The lowest BCUT2D eigenvalue weighted by Gasteiger charge is -2.08. The summed E-state index contributed by atoms with van der Waals surface area (Å²) in [7, 11) is 0. The third-order valence-electron chi connectivity index (χ3n) is 1.94. The number of nitrogens with zero attached hydrogens (tertiary/aromatic N) is 2. The summed E-state index contributed by atoms with van der Waals surface area (Å²) >= 11 is 0. The van der Waals surface area contributed by atoms with Crippen LogP contribution in [0.5, 0.6) is 0 Å². The Kier molecular flexibility index (Phi) is 2.55. The van der Waals surface area contributed by atoms with Crippen molar-refractivity contribution in [3.63, 3.8) is 0 Å². The third kappa shape index (κ3) is 1.49. The molecule has 1 heterocycles. The molecule has 1 aromatic heterocycles. The highest BCUT2D eigenvalue weighted by Crippen LogP contribution is 1.92. The van der Waals surface area contributed by atoms with Crippen LogP contribution < -0.4 is 17.0 Å². The van der Waals surface area contributed by atoms with Gasteiger partial charge in [-0.15, -0.1) is 0 Å². The van der Waals surface area contributed by atoms with Crippen molar-refractivity contribution in [2.75, 3.05) is 5.73 Å². The first kappa shape index (κ1) is 9.57. The normalized spacial score (nSPS) is 10.3. The molecule has 0 aliphatic heterocycles. The van der Waals surface area contributed by atoms with E-state index in [4.69, 9.17) is 5.73 Å². The molecule has 13 heavy (non-hydrogen) atoms. The van der Waals surface area contributed by atoms with Crippen molar-refractivity contribution in [2.45, 2.75) is 26.9 Å². The SMILES string of the molecule is CCn1c(N)cc(=O)n(CC)c1=O. The largest absolute Gasteiger partial charge is 0.385 e. The molecule has 0 spiro atoms. The van der Waals surface area contributed by atoms with Gasteiger partial charge in [-0.05, 0) is 13.8 Å². The lowest BCUT2D eigenvalue weighted by Crippen LogP contribution is -2.39.